The SMILES string of the molecule is COc1ccc(N=CC(C(=O)C(F)(F)F)=C(O)c2cccs2)cc1. The standard InChI is InChI=1S/C16H12F3NO3S/c1-23-11-6-4-10(5-7-11)20-9-12(15(22)16(17,18)19)14(21)13-3-2-8-24-13/h2-9,21H,1H3. The molecule has 1 aromatic heterocycles. The van der Waals surface area contributed by atoms with Crippen molar-refractivity contribution in [1.82, 2.24) is 0 Å². The van der Waals surface area contributed by atoms with Gasteiger partial charge in [-0.2, -0.15) is 13.2 Å². The predicted molar refractivity (Wildman–Crippen MR) is 86.1 cm³/mol. The molecule has 0 spiro atoms. The molecule has 0 aliphatic heterocycles. The fourth-order valence-corrected chi connectivity index (χ4v) is 2.42. The fraction of sp³-hybridized carbons (Fsp3) is 0.125. The maximum Gasteiger partial charge on any atom is 0.455 e. The second-order valence-corrected chi connectivity index (χ2v) is 5.47. The molecule has 8 heteroatoms. The van der Waals surface area contributed by atoms with E-state index < -0.39 is 23.3 Å². The van der Waals surface area contributed by atoms with Crippen molar-refractivity contribution in [2.24, 2.45) is 4.99 Å². The number of aliphatic imine (C=N–C) groups is 1. The Hall–Kier alpha value is -2.61. The second kappa shape index (κ2) is 7.31. The van der Waals surface area contributed by atoms with Crippen LogP contribution in [0.2, 0.25) is 0 Å². The Balaban J connectivity index is 2.41. The largest absolute Gasteiger partial charge is 0.506 e. The lowest BCUT2D eigenvalue weighted by Crippen LogP contribution is -2.26. The Morgan fingerprint density at radius 1 is 1.25 bits per heavy atom. The van der Waals surface area contributed by atoms with E-state index in [4.69, 9.17) is 4.74 Å². The van der Waals surface area contributed by atoms with Crippen LogP contribution in [0.5, 0.6) is 5.75 Å². The number of allylic oxidation sites excluding steroid dienone is 1. The van der Waals surface area contributed by atoms with E-state index in [1.807, 2.05) is 0 Å². The monoisotopic (exact) mass is 355 g/mol. The number of aliphatic hydroxyl groups is 1. The number of rotatable bonds is 5. The molecule has 1 N–H and O–H groups in total. The summed E-state index contributed by atoms with van der Waals surface area (Å²) >= 11 is 1.01. The highest BCUT2D eigenvalue weighted by Gasteiger charge is 2.41. The summed E-state index contributed by atoms with van der Waals surface area (Å²) in [6.45, 7) is 0. The molecule has 0 atom stereocenters. The molecule has 126 valence electrons. The number of hydrogen-bond donors (Lipinski definition) is 1. The zero-order valence-corrected chi connectivity index (χ0v) is 13.2. The third kappa shape index (κ3) is 4.23. The molecule has 0 aliphatic rings. The van der Waals surface area contributed by atoms with Crippen LogP contribution < -0.4 is 4.74 Å². The summed E-state index contributed by atoms with van der Waals surface area (Å²) in [4.78, 5) is 15.5. The third-order valence-electron chi connectivity index (χ3n) is 2.93. The van der Waals surface area contributed by atoms with Crippen LogP contribution in [0.25, 0.3) is 5.76 Å². The van der Waals surface area contributed by atoms with Crippen LogP contribution in [0.15, 0.2) is 52.3 Å². The normalized spacial score (nSPS) is 13.0. The fourth-order valence-electron chi connectivity index (χ4n) is 1.73. The van der Waals surface area contributed by atoms with Crippen molar-refractivity contribution < 1.29 is 27.8 Å². The summed E-state index contributed by atoms with van der Waals surface area (Å²) in [6, 6.07) is 9.11. The molecule has 4 nitrogen and oxygen atoms in total. The van der Waals surface area contributed by atoms with Gasteiger partial charge in [0.15, 0.2) is 0 Å². The number of halogens is 3. The maximum absolute atomic E-state index is 12.8. The molecule has 0 saturated carbocycles. The van der Waals surface area contributed by atoms with Crippen LogP contribution >= 0.6 is 11.3 Å². The first-order valence-electron chi connectivity index (χ1n) is 6.59. The maximum atomic E-state index is 12.8. The lowest BCUT2D eigenvalue weighted by Gasteiger charge is -2.08. The van der Waals surface area contributed by atoms with E-state index in [1.165, 1.54) is 25.3 Å². The van der Waals surface area contributed by atoms with E-state index >= 15 is 0 Å². The van der Waals surface area contributed by atoms with E-state index in [1.54, 1.807) is 23.6 Å². The summed E-state index contributed by atoms with van der Waals surface area (Å²) in [5, 5.41) is 11.6. The average Bonchev–Trinajstić information content (AvgIpc) is 3.08. The predicted octanol–water partition coefficient (Wildman–Crippen LogP) is 4.56. The van der Waals surface area contributed by atoms with Gasteiger partial charge in [-0.25, -0.2) is 0 Å². The Morgan fingerprint density at radius 3 is 2.42 bits per heavy atom. The van der Waals surface area contributed by atoms with Crippen LogP contribution in [0.4, 0.5) is 18.9 Å². The quantitative estimate of drug-likeness (QED) is 0.486. The van der Waals surface area contributed by atoms with Crippen LogP contribution in [-0.4, -0.2) is 30.4 Å². The lowest BCUT2D eigenvalue weighted by atomic mass is 10.1. The first-order chi connectivity index (χ1) is 11.3. The van der Waals surface area contributed by atoms with Gasteiger partial charge in [-0.3, -0.25) is 9.79 Å². The number of alkyl halides is 3. The smallest absolute Gasteiger partial charge is 0.455 e. The van der Waals surface area contributed by atoms with Crippen molar-refractivity contribution in [2.45, 2.75) is 6.18 Å². The van der Waals surface area contributed by atoms with Crippen molar-refractivity contribution >= 4 is 34.8 Å². The van der Waals surface area contributed by atoms with Crippen molar-refractivity contribution in [3.8, 4) is 5.75 Å². The van der Waals surface area contributed by atoms with Gasteiger partial charge in [0.1, 0.15) is 11.5 Å². The molecule has 0 amide bonds. The van der Waals surface area contributed by atoms with Crippen LogP contribution in [0, 0.1) is 0 Å². The van der Waals surface area contributed by atoms with Gasteiger partial charge in [-0.15, -0.1) is 11.3 Å². The van der Waals surface area contributed by atoms with Crippen molar-refractivity contribution in [2.75, 3.05) is 7.11 Å². The number of carbonyl (C=O) groups excluding carboxylic acids is 1. The minimum absolute atomic E-state index is 0.142. The van der Waals surface area contributed by atoms with E-state index in [0.29, 0.717) is 17.7 Å². The molecule has 0 bridgehead atoms. The van der Waals surface area contributed by atoms with Gasteiger partial charge in [0.05, 0.1) is 23.2 Å². The first kappa shape index (κ1) is 17.7. The summed E-state index contributed by atoms with van der Waals surface area (Å²) in [6.07, 6.45) is -4.40. The molecule has 1 aromatic carbocycles. The molecule has 24 heavy (non-hydrogen) atoms. The van der Waals surface area contributed by atoms with Gasteiger partial charge in [-0.05, 0) is 35.7 Å². The molecule has 0 fully saturated rings. The Labute approximate surface area is 139 Å². The van der Waals surface area contributed by atoms with Crippen molar-refractivity contribution in [3.05, 3.63) is 52.2 Å². The number of methoxy groups -OCH3 is 1. The van der Waals surface area contributed by atoms with Gasteiger partial charge in [0.2, 0.25) is 0 Å². The molecule has 0 unspecified atom stereocenters. The third-order valence-corrected chi connectivity index (χ3v) is 3.80. The minimum Gasteiger partial charge on any atom is -0.506 e. The molecule has 0 radical (unpaired) electrons. The molecule has 0 aliphatic carbocycles. The Morgan fingerprint density at radius 2 is 1.92 bits per heavy atom. The number of thiophene rings is 1. The number of carbonyl (C=O) groups is 1. The molecular formula is C16H12F3NO3S. The van der Waals surface area contributed by atoms with Crippen LogP contribution in [-0.2, 0) is 4.79 Å². The molecule has 1 heterocycles. The summed E-state index contributed by atoms with van der Waals surface area (Å²) in [5.74, 6) is -2.37. The van der Waals surface area contributed by atoms with E-state index in [9.17, 15) is 23.1 Å². The Kier molecular flexibility index (Phi) is 5.40. The number of benzene rings is 1. The lowest BCUT2D eigenvalue weighted by molar-refractivity contribution is -0.165. The zero-order chi connectivity index (χ0) is 17.7. The highest BCUT2D eigenvalue weighted by Crippen LogP contribution is 2.27. The molecule has 0 saturated heterocycles. The number of ketones is 1. The van der Waals surface area contributed by atoms with Gasteiger partial charge in [0, 0.05) is 6.21 Å². The number of hydrogen-bond acceptors (Lipinski definition) is 5. The topological polar surface area (TPSA) is 58.9 Å². The molecule has 2 rings (SSSR count). The number of nitrogens with zero attached hydrogens (tertiary/aromatic N) is 1. The van der Waals surface area contributed by atoms with Crippen molar-refractivity contribution in [1.29, 1.82) is 0 Å². The van der Waals surface area contributed by atoms with Crippen molar-refractivity contribution in [3.63, 3.8) is 0 Å². The summed E-state index contributed by atoms with van der Waals surface area (Å²) in [5.41, 5.74) is -0.608. The van der Waals surface area contributed by atoms with E-state index in [-0.39, 0.29) is 4.88 Å². The highest BCUT2D eigenvalue weighted by atomic mass is 32.1. The minimum atomic E-state index is -5.12. The zero-order valence-electron chi connectivity index (χ0n) is 12.4. The van der Waals surface area contributed by atoms with Gasteiger partial charge in [-0.1, -0.05) is 6.07 Å². The number of ether oxygens (including phenoxy) is 1. The first-order valence-corrected chi connectivity index (χ1v) is 7.47. The van der Waals surface area contributed by atoms with Crippen LogP contribution in [0.1, 0.15) is 4.88 Å². The highest BCUT2D eigenvalue weighted by molar-refractivity contribution is 7.11. The second-order valence-electron chi connectivity index (χ2n) is 4.52. The summed E-state index contributed by atoms with van der Waals surface area (Å²) in [7, 11) is 1.47. The van der Waals surface area contributed by atoms with Crippen LogP contribution in [0.3, 0.4) is 0 Å². The van der Waals surface area contributed by atoms with E-state index in [0.717, 1.165) is 11.3 Å². The number of Topliss-reactive ketones (excluding diaryl/α,β-unsaturated/α-hetero) is 1. The number of aliphatic hydroxyl groups excluding tert-OH is 1. The average molecular weight is 355 g/mol. The van der Waals surface area contributed by atoms with E-state index in [2.05, 4.69) is 4.99 Å². The Bertz CT molecular complexity index is 763. The van der Waals surface area contributed by atoms with Gasteiger partial charge >= 0.3 is 6.18 Å². The van der Waals surface area contributed by atoms with Gasteiger partial charge < -0.3 is 9.84 Å². The molecule has 2 aromatic rings. The molecular weight excluding hydrogens is 343 g/mol. The summed E-state index contributed by atoms with van der Waals surface area (Å²) < 4.78 is 43.2. The van der Waals surface area contributed by atoms with Gasteiger partial charge in [0.25, 0.3) is 5.78 Å².